The van der Waals surface area contributed by atoms with E-state index >= 15 is 0 Å². The first-order valence-electron chi connectivity index (χ1n) is 6.74. The van der Waals surface area contributed by atoms with Crippen LogP contribution in [0.5, 0.6) is 0 Å². The van der Waals surface area contributed by atoms with Crippen LogP contribution < -0.4 is 0 Å². The molecular weight excluding hydrogens is 248 g/mol. The molecule has 19 heavy (non-hydrogen) atoms. The number of fused-ring (bicyclic) bond motifs is 1. The van der Waals surface area contributed by atoms with Crippen LogP contribution in [0.2, 0.25) is 0 Å². The summed E-state index contributed by atoms with van der Waals surface area (Å²) in [6, 6.07) is -0.383. The molecule has 0 aromatic rings. The van der Waals surface area contributed by atoms with Gasteiger partial charge in [0.05, 0.1) is 6.61 Å². The lowest BCUT2D eigenvalue weighted by atomic mass is 9.97. The van der Waals surface area contributed by atoms with E-state index in [4.69, 9.17) is 9.57 Å². The van der Waals surface area contributed by atoms with Crippen LogP contribution in [-0.4, -0.2) is 53.3 Å². The molecule has 0 aromatic heterocycles. The van der Waals surface area contributed by atoms with Gasteiger partial charge < -0.3 is 9.64 Å². The lowest BCUT2D eigenvalue weighted by molar-refractivity contribution is -0.240. The highest BCUT2D eigenvalue weighted by atomic mass is 16.7. The summed E-state index contributed by atoms with van der Waals surface area (Å²) in [6.07, 6.45) is -0.301. The minimum absolute atomic E-state index is 0.00278. The average Bonchev–Trinajstić information content (AvgIpc) is 2.87. The number of amides is 1. The highest BCUT2D eigenvalue weighted by molar-refractivity contribution is 5.86. The topological polar surface area (TPSA) is 59.1 Å². The van der Waals surface area contributed by atoms with Crippen molar-refractivity contribution in [1.82, 2.24) is 9.96 Å². The highest BCUT2D eigenvalue weighted by Crippen LogP contribution is 2.42. The van der Waals surface area contributed by atoms with Gasteiger partial charge in [-0.25, -0.2) is 4.79 Å². The zero-order chi connectivity index (χ0) is 14.4. The van der Waals surface area contributed by atoms with Gasteiger partial charge in [0.25, 0.3) is 0 Å². The molecule has 3 atom stereocenters. The second-order valence-electron chi connectivity index (χ2n) is 5.57. The lowest BCUT2D eigenvalue weighted by Gasteiger charge is -2.41. The van der Waals surface area contributed by atoms with Crippen LogP contribution in [0.25, 0.3) is 0 Å². The fourth-order valence-corrected chi connectivity index (χ4v) is 2.79. The summed E-state index contributed by atoms with van der Waals surface area (Å²) in [5, 5.41) is 1.68. The van der Waals surface area contributed by atoms with Crippen LogP contribution in [-0.2, 0) is 19.2 Å². The summed E-state index contributed by atoms with van der Waals surface area (Å²) >= 11 is 0. The summed E-state index contributed by atoms with van der Waals surface area (Å²) in [4.78, 5) is 31.5. The number of likely N-dealkylation sites (N-methyl/N-ethyl adjacent to an activating group) is 1. The molecule has 0 unspecified atom stereocenters. The lowest BCUT2D eigenvalue weighted by Crippen LogP contribution is -2.54. The van der Waals surface area contributed by atoms with Crippen LogP contribution in [0.1, 0.15) is 34.1 Å². The SMILES string of the molecule is CCOC(=O)[C@H]1C[C@@H]2C(=O)N(C)[C@@](C)(C(C)C)N2O1. The Bertz CT molecular complexity index is 398. The van der Waals surface area contributed by atoms with Gasteiger partial charge in [0.1, 0.15) is 11.7 Å². The molecule has 1 amide bonds. The molecule has 2 aliphatic heterocycles. The molecule has 108 valence electrons. The number of carbonyl (C=O) groups is 2. The molecule has 2 rings (SSSR count). The van der Waals surface area contributed by atoms with Gasteiger partial charge in [-0.05, 0) is 19.8 Å². The first-order valence-corrected chi connectivity index (χ1v) is 6.74. The van der Waals surface area contributed by atoms with E-state index in [-0.39, 0.29) is 17.9 Å². The van der Waals surface area contributed by atoms with Crippen molar-refractivity contribution in [2.45, 2.75) is 51.9 Å². The summed E-state index contributed by atoms with van der Waals surface area (Å²) in [6.45, 7) is 8.10. The summed E-state index contributed by atoms with van der Waals surface area (Å²) < 4.78 is 4.97. The van der Waals surface area contributed by atoms with E-state index in [1.165, 1.54) is 0 Å². The third-order valence-electron chi connectivity index (χ3n) is 4.35. The zero-order valence-corrected chi connectivity index (χ0v) is 12.2. The van der Waals surface area contributed by atoms with E-state index in [9.17, 15) is 9.59 Å². The van der Waals surface area contributed by atoms with Gasteiger partial charge in [0.2, 0.25) is 5.91 Å². The Kier molecular flexibility index (Phi) is 3.57. The molecule has 0 aromatic carbocycles. The first-order chi connectivity index (χ1) is 8.83. The molecule has 0 N–H and O–H groups in total. The van der Waals surface area contributed by atoms with Crippen molar-refractivity contribution in [3.63, 3.8) is 0 Å². The molecule has 0 bridgehead atoms. The number of esters is 1. The van der Waals surface area contributed by atoms with Crippen LogP contribution in [0.4, 0.5) is 0 Å². The van der Waals surface area contributed by atoms with E-state index in [0.717, 1.165) is 0 Å². The Morgan fingerprint density at radius 2 is 2.21 bits per heavy atom. The van der Waals surface area contributed by atoms with Crippen LogP contribution in [0.15, 0.2) is 0 Å². The molecule has 6 nitrogen and oxygen atoms in total. The quantitative estimate of drug-likeness (QED) is 0.709. The van der Waals surface area contributed by atoms with Gasteiger partial charge in [0, 0.05) is 13.5 Å². The maximum Gasteiger partial charge on any atom is 0.337 e. The van der Waals surface area contributed by atoms with Gasteiger partial charge in [-0.15, -0.1) is 5.06 Å². The van der Waals surface area contributed by atoms with Crippen molar-refractivity contribution in [2.75, 3.05) is 13.7 Å². The zero-order valence-electron chi connectivity index (χ0n) is 12.2. The van der Waals surface area contributed by atoms with Crippen LogP contribution in [0, 0.1) is 5.92 Å². The minimum Gasteiger partial charge on any atom is -0.464 e. The van der Waals surface area contributed by atoms with Crippen LogP contribution in [0.3, 0.4) is 0 Å². The molecule has 2 saturated heterocycles. The van der Waals surface area contributed by atoms with Crippen molar-refractivity contribution < 1.29 is 19.2 Å². The van der Waals surface area contributed by atoms with Crippen molar-refractivity contribution in [1.29, 1.82) is 0 Å². The Morgan fingerprint density at radius 3 is 2.74 bits per heavy atom. The highest BCUT2D eigenvalue weighted by Gasteiger charge is 2.60. The maximum absolute atomic E-state index is 12.3. The summed E-state index contributed by atoms with van der Waals surface area (Å²) in [5.41, 5.74) is -0.525. The molecule has 0 aliphatic carbocycles. The van der Waals surface area contributed by atoms with E-state index in [2.05, 4.69) is 0 Å². The third kappa shape index (κ3) is 1.94. The Hall–Kier alpha value is -1.14. The second-order valence-corrected chi connectivity index (χ2v) is 5.57. The van der Waals surface area contributed by atoms with Gasteiger partial charge in [-0.3, -0.25) is 9.63 Å². The van der Waals surface area contributed by atoms with Gasteiger partial charge in [-0.2, -0.15) is 0 Å². The number of hydrogen-bond donors (Lipinski definition) is 0. The second kappa shape index (κ2) is 4.76. The number of carbonyl (C=O) groups excluding carboxylic acids is 2. The maximum atomic E-state index is 12.3. The fourth-order valence-electron chi connectivity index (χ4n) is 2.79. The molecule has 6 heteroatoms. The molecule has 0 radical (unpaired) electrons. The Morgan fingerprint density at radius 1 is 1.58 bits per heavy atom. The number of nitrogens with zero attached hydrogens (tertiary/aromatic N) is 2. The number of rotatable bonds is 3. The van der Waals surface area contributed by atoms with E-state index in [0.29, 0.717) is 13.0 Å². The standard InChI is InChI=1S/C13H22N2O4/c1-6-18-12(17)10-7-9-11(16)14(5)13(4,8(2)3)15(9)19-10/h8-10H,6-7H2,1-5H3/t9-,10-,13-/m1/s1. The van der Waals surface area contributed by atoms with E-state index < -0.39 is 17.7 Å². The minimum atomic E-state index is -0.666. The first kappa shape index (κ1) is 14.3. The van der Waals surface area contributed by atoms with Gasteiger partial charge in [0.15, 0.2) is 6.10 Å². The van der Waals surface area contributed by atoms with Crippen LogP contribution >= 0.6 is 0 Å². The third-order valence-corrected chi connectivity index (χ3v) is 4.35. The van der Waals surface area contributed by atoms with Crippen molar-refractivity contribution in [3.05, 3.63) is 0 Å². The van der Waals surface area contributed by atoms with E-state index in [1.54, 1.807) is 23.9 Å². The van der Waals surface area contributed by atoms with E-state index in [1.807, 2.05) is 20.8 Å². The normalized spacial score (nSPS) is 35.1. The largest absolute Gasteiger partial charge is 0.464 e. The van der Waals surface area contributed by atoms with Crippen molar-refractivity contribution >= 4 is 11.9 Å². The molecular formula is C13H22N2O4. The molecule has 0 spiro atoms. The Balaban J connectivity index is 2.21. The van der Waals surface area contributed by atoms with Crippen molar-refractivity contribution in [2.24, 2.45) is 5.92 Å². The molecule has 2 aliphatic rings. The number of hydrogen-bond acceptors (Lipinski definition) is 5. The summed E-state index contributed by atoms with van der Waals surface area (Å²) in [5.74, 6) is -0.200. The predicted molar refractivity (Wildman–Crippen MR) is 67.8 cm³/mol. The van der Waals surface area contributed by atoms with Gasteiger partial charge in [-0.1, -0.05) is 13.8 Å². The molecule has 2 fully saturated rings. The summed E-state index contributed by atoms with van der Waals surface area (Å²) in [7, 11) is 1.78. The number of hydroxylamine groups is 2. The van der Waals surface area contributed by atoms with Gasteiger partial charge >= 0.3 is 5.97 Å². The predicted octanol–water partition coefficient (Wildman–Crippen LogP) is 0.768. The monoisotopic (exact) mass is 270 g/mol. The molecule has 2 heterocycles. The van der Waals surface area contributed by atoms with Crippen molar-refractivity contribution in [3.8, 4) is 0 Å². The fraction of sp³-hybridized carbons (Fsp3) is 0.846. The Labute approximate surface area is 113 Å². The smallest absolute Gasteiger partial charge is 0.337 e. The average molecular weight is 270 g/mol. The number of ether oxygens (including phenoxy) is 1. The molecule has 0 saturated carbocycles.